The highest BCUT2D eigenvalue weighted by atomic mass is 32.1. The van der Waals surface area contributed by atoms with Gasteiger partial charge in [-0.05, 0) is 26.8 Å². The van der Waals surface area contributed by atoms with Gasteiger partial charge in [-0.2, -0.15) is 5.10 Å². The fourth-order valence-electron chi connectivity index (χ4n) is 2.89. The highest BCUT2D eigenvalue weighted by Gasteiger charge is 2.35. The summed E-state index contributed by atoms with van der Waals surface area (Å²) in [6, 6.07) is 1.85. The summed E-state index contributed by atoms with van der Waals surface area (Å²) in [6.45, 7) is 10.1. The first-order valence-corrected chi connectivity index (χ1v) is 8.71. The van der Waals surface area contributed by atoms with Crippen molar-refractivity contribution < 1.29 is 4.79 Å². The molecule has 0 atom stereocenters. The zero-order valence-corrected chi connectivity index (χ0v) is 14.7. The fraction of sp³-hybridized carbons (Fsp3) is 0.562. The third-order valence-electron chi connectivity index (χ3n) is 4.31. The number of thiazole rings is 1. The number of aryl methyl sites for hydroxylation is 1. The van der Waals surface area contributed by atoms with Crippen LogP contribution in [0.25, 0.3) is 0 Å². The third kappa shape index (κ3) is 3.45. The van der Waals surface area contributed by atoms with E-state index in [1.54, 1.807) is 22.2 Å². The van der Waals surface area contributed by atoms with E-state index in [1.165, 1.54) is 4.88 Å². The van der Waals surface area contributed by atoms with Crippen molar-refractivity contribution in [3.05, 3.63) is 34.5 Å². The third-order valence-corrected chi connectivity index (χ3v) is 5.21. The molecule has 3 rings (SSSR count). The molecule has 0 bridgehead atoms. The van der Waals surface area contributed by atoms with Crippen LogP contribution in [0.5, 0.6) is 0 Å². The first-order valence-electron chi connectivity index (χ1n) is 7.90. The Labute approximate surface area is 140 Å². The van der Waals surface area contributed by atoms with Gasteiger partial charge in [-0.15, -0.1) is 11.3 Å². The Hall–Kier alpha value is -1.73. The van der Waals surface area contributed by atoms with E-state index in [-0.39, 0.29) is 5.91 Å². The predicted octanol–water partition coefficient (Wildman–Crippen LogP) is 1.73. The Morgan fingerprint density at radius 1 is 1.30 bits per heavy atom. The van der Waals surface area contributed by atoms with Crippen LogP contribution in [0.1, 0.15) is 23.7 Å². The molecule has 1 amide bonds. The molecule has 0 aromatic carbocycles. The number of piperazine rings is 1. The largest absolute Gasteiger partial charge is 0.338 e. The highest BCUT2D eigenvalue weighted by Crippen LogP contribution is 2.20. The van der Waals surface area contributed by atoms with E-state index in [9.17, 15) is 4.79 Å². The number of hydrogen-bond acceptors (Lipinski definition) is 5. The molecule has 0 saturated carbocycles. The molecule has 6 nitrogen and oxygen atoms in total. The second-order valence-electron chi connectivity index (χ2n) is 6.42. The Morgan fingerprint density at radius 3 is 2.61 bits per heavy atom. The average molecular weight is 333 g/mol. The molecule has 0 aliphatic carbocycles. The van der Waals surface area contributed by atoms with E-state index in [4.69, 9.17) is 0 Å². The van der Waals surface area contributed by atoms with Crippen LogP contribution in [0.2, 0.25) is 0 Å². The van der Waals surface area contributed by atoms with Gasteiger partial charge < -0.3 is 4.90 Å². The second kappa shape index (κ2) is 6.41. The van der Waals surface area contributed by atoms with Crippen LogP contribution < -0.4 is 0 Å². The highest BCUT2D eigenvalue weighted by molar-refractivity contribution is 7.11. The first-order chi connectivity index (χ1) is 11.0. The quantitative estimate of drug-likeness (QED) is 0.855. The number of hydrogen-bond donors (Lipinski definition) is 0. The van der Waals surface area contributed by atoms with Gasteiger partial charge in [0.15, 0.2) is 0 Å². The van der Waals surface area contributed by atoms with Crippen molar-refractivity contribution in [3.8, 4) is 0 Å². The van der Waals surface area contributed by atoms with Gasteiger partial charge in [0.2, 0.25) is 5.91 Å². The van der Waals surface area contributed by atoms with E-state index < -0.39 is 5.54 Å². The van der Waals surface area contributed by atoms with Crippen LogP contribution in [-0.2, 0) is 16.9 Å². The van der Waals surface area contributed by atoms with Gasteiger partial charge in [-0.1, -0.05) is 0 Å². The van der Waals surface area contributed by atoms with Gasteiger partial charge in [0.05, 0.1) is 5.01 Å². The standard InChI is InChI=1S/C16H23N5OS/c1-13-17-11-14(23-13)12-19-7-9-20(10-8-19)15(22)16(2,3)21-6-4-5-18-21/h4-6,11H,7-10,12H2,1-3H3. The van der Waals surface area contributed by atoms with Crippen molar-refractivity contribution in [3.63, 3.8) is 0 Å². The molecule has 0 unspecified atom stereocenters. The Balaban J connectivity index is 1.57. The number of rotatable bonds is 4. The van der Waals surface area contributed by atoms with E-state index in [1.807, 2.05) is 44.1 Å². The summed E-state index contributed by atoms with van der Waals surface area (Å²) in [5, 5.41) is 5.34. The minimum atomic E-state index is -0.638. The summed E-state index contributed by atoms with van der Waals surface area (Å²) in [5.41, 5.74) is -0.638. The molecule has 0 radical (unpaired) electrons. The molecular formula is C16H23N5OS. The van der Waals surface area contributed by atoms with E-state index in [0.29, 0.717) is 0 Å². The minimum Gasteiger partial charge on any atom is -0.338 e. The first kappa shape index (κ1) is 16.1. The smallest absolute Gasteiger partial charge is 0.250 e. The summed E-state index contributed by atoms with van der Waals surface area (Å²) in [7, 11) is 0. The number of aromatic nitrogens is 3. The van der Waals surface area contributed by atoms with Crippen molar-refractivity contribution in [2.45, 2.75) is 32.9 Å². The van der Waals surface area contributed by atoms with Gasteiger partial charge in [-0.3, -0.25) is 14.4 Å². The fourth-order valence-corrected chi connectivity index (χ4v) is 3.73. The molecule has 1 aliphatic heterocycles. The van der Waals surface area contributed by atoms with E-state index >= 15 is 0 Å². The summed E-state index contributed by atoms with van der Waals surface area (Å²) in [4.78, 5) is 22.8. The SMILES string of the molecule is Cc1ncc(CN2CCN(C(=O)C(C)(C)n3cccn3)CC2)s1. The number of nitrogens with zero attached hydrogens (tertiary/aromatic N) is 5. The average Bonchev–Trinajstić information content (AvgIpc) is 3.19. The molecule has 7 heteroatoms. The maximum Gasteiger partial charge on any atom is 0.250 e. The van der Waals surface area contributed by atoms with Crippen LogP contribution in [0, 0.1) is 6.92 Å². The molecule has 0 N–H and O–H groups in total. The minimum absolute atomic E-state index is 0.134. The topological polar surface area (TPSA) is 54.3 Å². The van der Waals surface area contributed by atoms with E-state index in [0.717, 1.165) is 37.7 Å². The molecule has 1 aliphatic rings. The van der Waals surface area contributed by atoms with Gasteiger partial charge in [-0.25, -0.2) is 4.98 Å². The van der Waals surface area contributed by atoms with Crippen LogP contribution in [0.3, 0.4) is 0 Å². The van der Waals surface area contributed by atoms with Crippen LogP contribution in [-0.4, -0.2) is 56.7 Å². The lowest BCUT2D eigenvalue weighted by atomic mass is 10.0. The molecule has 2 aromatic heterocycles. The molecule has 23 heavy (non-hydrogen) atoms. The predicted molar refractivity (Wildman–Crippen MR) is 90.3 cm³/mol. The summed E-state index contributed by atoms with van der Waals surface area (Å²) >= 11 is 1.75. The molecule has 0 spiro atoms. The molecule has 3 heterocycles. The lowest BCUT2D eigenvalue weighted by Gasteiger charge is -2.38. The molecule has 1 fully saturated rings. The Kier molecular flexibility index (Phi) is 4.50. The monoisotopic (exact) mass is 333 g/mol. The van der Waals surface area contributed by atoms with Crippen molar-refractivity contribution in [1.29, 1.82) is 0 Å². The van der Waals surface area contributed by atoms with Crippen molar-refractivity contribution in [2.24, 2.45) is 0 Å². The van der Waals surface area contributed by atoms with Gasteiger partial charge in [0, 0.05) is 56.2 Å². The zero-order chi connectivity index (χ0) is 16.4. The van der Waals surface area contributed by atoms with Crippen molar-refractivity contribution in [1.82, 2.24) is 24.6 Å². The van der Waals surface area contributed by atoms with Crippen molar-refractivity contribution >= 4 is 17.2 Å². The van der Waals surface area contributed by atoms with Gasteiger partial charge >= 0.3 is 0 Å². The van der Waals surface area contributed by atoms with Crippen molar-refractivity contribution in [2.75, 3.05) is 26.2 Å². The summed E-state index contributed by atoms with van der Waals surface area (Å²) < 4.78 is 1.74. The maximum atomic E-state index is 12.8. The molecule has 1 saturated heterocycles. The van der Waals surface area contributed by atoms with E-state index in [2.05, 4.69) is 15.0 Å². The van der Waals surface area contributed by atoms with Crippen LogP contribution in [0.15, 0.2) is 24.7 Å². The van der Waals surface area contributed by atoms with Gasteiger partial charge in [0.1, 0.15) is 5.54 Å². The van der Waals surface area contributed by atoms with Gasteiger partial charge in [0.25, 0.3) is 0 Å². The van der Waals surface area contributed by atoms with Crippen LogP contribution in [0.4, 0.5) is 0 Å². The summed E-state index contributed by atoms with van der Waals surface area (Å²) in [6.07, 6.45) is 5.52. The Morgan fingerprint density at radius 2 is 2.04 bits per heavy atom. The number of carbonyl (C=O) groups is 1. The Bertz CT molecular complexity index is 656. The lowest BCUT2D eigenvalue weighted by Crippen LogP contribution is -2.54. The molecule has 2 aromatic rings. The number of amides is 1. The van der Waals surface area contributed by atoms with Crippen LogP contribution >= 0.6 is 11.3 Å². The zero-order valence-electron chi connectivity index (χ0n) is 13.9. The molecule has 124 valence electrons. The lowest BCUT2D eigenvalue weighted by molar-refractivity contribution is -0.141. The summed E-state index contributed by atoms with van der Waals surface area (Å²) in [5.74, 6) is 0.134. The normalized spacial score (nSPS) is 16.7. The number of carbonyl (C=O) groups excluding carboxylic acids is 1. The second-order valence-corrected chi connectivity index (χ2v) is 7.74. The molecular weight excluding hydrogens is 310 g/mol. The maximum absolute atomic E-state index is 12.8.